The van der Waals surface area contributed by atoms with E-state index < -0.39 is 11.6 Å². The number of nitrogens with zero attached hydrogens (tertiary/aromatic N) is 4. The second-order valence-corrected chi connectivity index (χ2v) is 9.24. The minimum Gasteiger partial charge on any atom is -0.369 e. The lowest BCUT2D eigenvalue weighted by Crippen LogP contribution is -2.43. The Bertz CT molecular complexity index is 1530. The van der Waals surface area contributed by atoms with Crippen LogP contribution in [0.4, 0.5) is 14.5 Å². The topological polar surface area (TPSA) is 61.8 Å². The monoisotopic (exact) mass is 484 g/mol. The van der Waals surface area contributed by atoms with Crippen LogP contribution < -0.4 is 10.2 Å². The smallest absolute Gasteiger partial charge is 0.137 e. The summed E-state index contributed by atoms with van der Waals surface area (Å²) in [7, 11) is 0. The Hall–Kier alpha value is -4.04. The van der Waals surface area contributed by atoms with Crippen LogP contribution in [0.15, 0.2) is 67.1 Å². The summed E-state index contributed by atoms with van der Waals surface area (Å²) in [4.78, 5) is 10.3. The molecule has 3 aromatic heterocycles. The molecule has 0 amide bonds. The molecule has 0 bridgehead atoms. The average molecular weight is 485 g/mol. The SMILES string of the molecule is Cc1cc(-c2cnc3[nH]cc(-c4ccn(Cc5cc(F)cc(F)c5)n4)c3c2)ccc1N1CCNCC1. The van der Waals surface area contributed by atoms with Crippen LogP contribution in [0.3, 0.4) is 0 Å². The minimum atomic E-state index is -0.594. The maximum absolute atomic E-state index is 13.6. The van der Waals surface area contributed by atoms with Gasteiger partial charge in [-0.1, -0.05) is 6.07 Å². The van der Waals surface area contributed by atoms with Gasteiger partial charge in [-0.15, -0.1) is 0 Å². The number of anilines is 1. The molecule has 1 aliphatic heterocycles. The van der Waals surface area contributed by atoms with Crippen LogP contribution in [0.1, 0.15) is 11.1 Å². The van der Waals surface area contributed by atoms with E-state index in [9.17, 15) is 8.78 Å². The van der Waals surface area contributed by atoms with Gasteiger partial charge in [0.1, 0.15) is 17.3 Å². The third kappa shape index (κ3) is 4.35. The van der Waals surface area contributed by atoms with Crippen LogP contribution >= 0.6 is 0 Å². The number of aromatic amines is 1. The lowest BCUT2D eigenvalue weighted by Gasteiger charge is -2.30. The van der Waals surface area contributed by atoms with Crippen molar-refractivity contribution in [2.75, 3.05) is 31.1 Å². The number of aryl methyl sites for hydroxylation is 1. The molecule has 182 valence electrons. The van der Waals surface area contributed by atoms with Crippen LogP contribution in [0, 0.1) is 18.6 Å². The lowest BCUT2D eigenvalue weighted by atomic mass is 10.0. The van der Waals surface area contributed by atoms with Gasteiger partial charge in [-0.25, -0.2) is 13.8 Å². The largest absolute Gasteiger partial charge is 0.369 e. The maximum Gasteiger partial charge on any atom is 0.137 e. The van der Waals surface area contributed by atoms with Crippen molar-refractivity contribution >= 4 is 16.7 Å². The van der Waals surface area contributed by atoms with E-state index in [0.717, 1.165) is 65.7 Å². The summed E-state index contributed by atoms with van der Waals surface area (Å²) in [6, 6.07) is 14.1. The number of pyridine rings is 1. The van der Waals surface area contributed by atoms with Crippen molar-refractivity contribution in [2.45, 2.75) is 13.5 Å². The van der Waals surface area contributed by atoms with Crippen molar-refractivity contribution in [2.24, 2.45) is 0 Å². The fraction of sp³-hybridized carbons (Fsp3) is 0.214. The normalized spacial score (nSPS) is 14.0. The summed E-state index contributed by atoms with van der Waals surface area (Å²) in [5, 5.41) is 9.02. The Labute approximate surface area is 207 Å². The Kier molecular flexibility index (Phi) is 5.73. The van der Waals surface area contributed by atoms with Crippen molar-refractivity contribution in [3.63, 3.8) is 0 Å². The maximum atomic E-state index is 13.6. The van der Waals surface area contributed by atoms with Gasteiger partial charge in [0.2, 0.25) is 0 Å². The number of nitrogens with one attached hydrogen (secondary N) is 2. The quantitative estimate of drug-likeness (QED) is 0.363. The number of hydrogen-bond acceptors (Lipinski definition) is 4. The van der Waals surface area contributed by atoms with Gasteiger partial charge in [0.05, 0.1) is 12.2 Å². The molecule has 36 heavy (non-hydrogen) atoms. The van der Waals surface area contributed by atoms with Gasteiger partial charge < -0.3 is 15.2 Å². The molecule has 1 saturated heterocycles. The van der Waals surface area contributed by atoms with Crippen LogP contribution in [0.25, 0.3) is 33.4 Å². The summed E-state index contributed by atoms with van der Waals surface area (Å²) in [6.07, 6.45) is 5.60. The van der Waals surface area contributed by atoms with Crippen molar-refractivity contribution in [1.82, 2.24) is 25.1 Å². The molecule has 8 heteroatoms. The fourth-order valence-corrected chi connectivity index (χ4v) is 4.95. The third-order valence-electron chi connectivity index (χ3n) is 6.70. The van der Waals surface area contributed by atoms with Gasteiger partial charge in [-0.2, -0.15) is 5.10 Å². The first-order valence-electron chi connectivity index (χ1n) is 12.1. The van der Waals surface area contributed by atoms with E-state index in [0.29, 0.717) is 5.56 Å². The Balaban J connectivity index is 1.29. The molecule has 2 N–H and O–H groups in total. The van der Waals surface area contributed by atoms with Gasteiger partial charge in [-0.3, -0.25) is 4.68 Å². The molecule has 0 atom stereocenters. The summed E-state index contributed by atoms with van der Waals surface area (Å²) in [5.74, 6) is -1.19. The molecule has 6 nitrogen and oxygen atoms in total. The van der Waals surface area contributed by atoms with Crippen molar-refractivity contribution in [1.29, 1.82) is 0 Å². The van der Waals surface area contributed by atoms with E-state index in [1.807, 2.05) is 24.7 Å². The Morgan fingerprint density at radius 1 is 0.944 bits per heavy atom. The van der Waals surface area contributed by atoms with Gasteiger partial charge in [0.15, 0.2) is 0 Å². The van der Waals surface area contributed by atoms with E-state index >= 15 is 0 Å². The van der Waals surface area contributed by atoms with E-state index in [1.165, 1.54) is 23.4 Å². The molecule has 0 spiro atoms. The molecule has 0 radical (unpaired) electrons. The first-order valence-corrected chi connectivity index (χ1v) is 12.1. The van der Waals surface area contributed by atoms with Gasteiger partial charge >= 0.3 is 0 Å². The number of aromatic nitrogens is 4. The van der Waals surface area contributed by atoms with E-state index in [1.54, 1.807) is 4.68 Å². The number of benzene rings is 2. The average Bonchev–Trinajstić information content (AvgIpc) is 3.50. The summed E-state index contributed by atoms with van der Waals surface area (Å²) in [5.41, 5.74) is 7.67. The molecule has 4 heterocycles. The predicted molar refractivity (Wildman–Crippen MR) is 138 cm³/mol. The zero-order chi connectivity index (χ0) is 24.6. The predicted octanol–water partition coefficient (Wildman–Crippen LogP) is 5.14. The van der Waals surface area contributed by atoms with Crippen LogP contribution in [-0.4, -0.2) is 45.9 Å². The van der Waals surface area contributed by atoms with Crippen LogP contribution in [0.5, 0.6) is 0 Å². The Morgan fingerprint density at radius 3 is 2.53 bits per heavy atom. The highest BCUT2D eigenvalue weighted by atomic mass is 19.1. The molecular weight excluding hydrogens is 458 g/mol. The first-order chi connectivity index (χ1) is 17.5. The molecule has 0 unspecified atom stereocenters. The highest BCUT2D eigenvalue weighted by Gasteiger charge is 2.15. The summed E-state index contributed by atoms with van der Waals surface area (Å²) in [6.45, 7) is 6.48. The standard InChI is InChI=1S/C28H26F2N6/c1-18-10-20(2-3-27(18)35-8-5-31-6-9-35)21-13-24-25(16-33-28(24)32-15-21)26-4-7-36(34-26)17-19-11-22(29)14-23(30)12-19/h2-4,7,10-16,31H,5-6,8-9,17H2,1H3,(H,32,33). The molecular formula is C28H26F2N6. The highest BCUT2D eigenvalue weighted by Crippen LogP contribution is 2.32. The van der Waals surface area contributed by atoms with Crippen LogP contribution in [-0.2, 0) is 6.54 Å². The van der Waals surface area contributed by atoms with E-state index in [2.05, 4.69) is 56.5 Å². The van der Waals surface area contributed by atoms with Crippen molar-refractivity contribution in [3.05, 3.63) is 89.9 Å². The summed E-state index contributed by atoms with van der Waals surface area (Å²) < 4.78 is 28.8. The Morgan fingerprint density at radius 2 is 1.75 bits per heavy atom. The lowest BCUT2D eigenvalue weighted by molar-refractivity contribution is 0.574. The van der Waals surface area contributed by atoms with Gasteiger partial charge in [-0.05, 0) is 60.0 Å². The molecule has 6 rings (SSSR count). The zero-order valence-corrected chi connectivity index (χ0v) is 19.9. The van der Waals surface area contributed by atoms with Crippen molar-refractivity contribution in [3.8, 4) is 22.4 Å². The highest BCUT2D eigenvalue weighted by molar-refractivity contribution is 5.95. The first kappa shape index (κ1) is 22.4. The summed E-state index contributed by atoms with van der Waals surface area (Å²) >= 11 is 0. The molecule has 1 aliphatic rings. The number of H-pyrrole nitrogens is 1. The number of piperazine rings is 1. The molecule has 2 aromatic carbocycles. The van der Waals surface area contributed by atoms with Crippen molar-refractivity contribution < 1.29 is 8.78 Å². The zero-order valence-electron chi connectivity index (χ0n) is 19.9. The van der Waals surface area contributed by atoms with Crippen LogP contribution in [0.2, 0.25) is 0 Å². The molecule has 0 saturated carbocycles. The molecule has 5 aromatic rings. The van der Waals surface area contributed by atoms with Gasteiger partial charge in [0, 0.05) is 73.0 Å². The van der Waals surface area contributed by atoms with Gasteiger partial charge in [0.25, 0.3) is 0 Å². The second-order valence-electron chi connectivity index (χ2n) is 9.24. The fourth-order valence-electron chi connectivity index (χ4n) is 4.95. The third-order valence-corrected chi connectivity index (χ3v) is 6.70. The number of rotatable bonds is 5. The van der Waals surface area contributed by atoms with E-state index in [4.69, 9.17) is 0 Å². The number of fused-ring (bicyclic) bond motifs is 1. The number of hydrogen-bond donors (Lipinski definition) is 2. The molecule has 1 fully saturated rings. The van der Waals surface area contributed by atoms with E-state index in [-0.39, 0.29) is 6.54 Å². The number of halogens is 2. The minimum absolute atomic E-state index is 0.277. The molecule has 0 aliphatic carbocycles. The second kappa shape index (κ2) is 9.20.